The van der Waals surface area contributed by atoms with Gasteiger partial charge in [-0.3, -0.25) is 9.59 Å². The van der Waals surface area contributed by atoms with Gasteiger partial charge in [0.05, 0.1) is 0 Å². The molecule has 23 heavy (non-hydrogen) atoms. The molecule has 2 aromatic carbocycles. The lowest BCUT2D eigenvalue weighted by molar-refractivity contribution is -0.148. The third-order valence-electron chi connectivity index (χ3n) is 3.67. The summed E-state index contributed by atoms with van der Waals surface area (Å²) in [5.74, 6) is -0.264. The normalized spacial score (nSPS) is 14.5. The van der Waals surface area contributed by atoms with Crippen molar-refractivity contribution in [2.45, 2.75) is 13.2 Å². The first-order valence-corrected chi connectivity index (χ1v) is 7.55. The molecular weight excluding hydrogens is 292 g/mol. The van der Waals surface area contributed by atoms with E-state index in [-0.39, 0.29) is 0 Å². The smallest absolute Gasteiger partial charge is 0.312 e. The summed E-state index contributed by atoms with van der Waals surface area (Å²) < 4.78 is 5.79. The van der Waals surface area contributed by atoms with Gasteiger partial charge in [-0.2, -0.15) is 0 Å². The SMILES string of the molecule is O=C1NCCN(Cc2cccc(OCc3ccccc3)c2)C1=O. The van der Waals surface area contributed by atoms with Gasteiger partial charge in [-0.1, -0.05) is 42.5 Å². The topological polar surface area (TPSA) is 58.6 Å². The highest BCUT2D eigenvalue weighted by atomic mass is 16.5. The van der Waals surface area contributed by atoms with E-state index in [1.54, 1.807) is 4.90 Å². The monoisotopic (exact) mass is 310 g/mol. The summed E-state index contributed by atoms with van der Waals surface area (Å²) in [5.41, 5.74) is 2.04. The Morgan fingerprint density at radius 1 is 1.00 bits per heavy atom. The van der Waals surface area contributed by atoms with Crippen LogP contribution in [0.5, 0.6) is 5.75 Å². The molecule has 0 aliphatic carbocycles. The minimum Gasteiger partial charge on any atom is -0.489 e. The van der Waals surface area contributed by atoms with Gasteiger partial charge < -0.3 is 15.0 Å². The summed E-state index contributed by atoms with van der Waals surface area (Å²) in [6.07, 6.45) is 0. The first-order valence-electron chi connectivity index (χ1n) is 7.55. The van der Waals surface area contributed by atoms with E-state index in [2.05, 4.69) is 5.32 Å². The van der Waals surface area contributed by atoms with Crippen molar-refractivity contribution in [3.63, 3.8) is 0 Å². The van der Waals surface area contributed by atoms with Crippen LogP contribution in [0.4, 0.5) is 0 Å². The molecule has 0 bridgehead atoms. The van der Waals surface area contributed by atoms with E-state index in [1.165, 1.54) is 0 Å². The predicted molar refractivity (Wildman–Crippen MR) is 85.6 cm³/mol. The number of hydrogen-bond donors (Lipinski definition) is 1. The zero-order valence-electron chi connectivity index (χ0n) is 12.7. The van der Waals surface area contributed by atoms with Gasteiger partial charge in [-0.25, -0.2) is 0 Å². The van der Waals surface area contributed by atoms with Gasteiger partial charge in [0.15, 0.2) is 0 Å². The van der Waals surface area contributed by atoms with Crippen LogP contribution in [0.1, 0.15) is 11.1 Å². The number of rotatable bonds is 5. The van der Waals surface area contributed by atoms with Gasteiger partial charge >= 0.3 is 11.8 Å². The predicted octanol–water partition coefficient (Wildman–Crippen LogP) is 1.72. The molecule has 1 heterocycles. The van der Waals surface area contributed by atoms with Gasteiger partial charge in [0, 0.05) is 19.6 Å². The third-order valence-corrected chi connectivity index (χ3v) is 3.67. The maximum absolute atomic E-state index is 11.8. The summed E-state index contributed by atoms with van der Waals surface area (Å²) >= 11 is 0. The average Bonchev–Trinajstić information content (AvgIpc) is 2.59. The second-order valence-electron chi connectivity index (χ2n) is 5.40. The van der Waals surface area contributed by atoms with Gasteiger partial charge in [0.1, 0.15) is 12.4 Å². The van der Waals surface area contributed by atoms with Crippen LogP contribution >= 0.6 is 0 Å². The van der Waals surface area contributed by atoms with Crippen LogP contribution in [0, 0.1) is 0 Å². The number of carbonyl (C=O) groups excluding carboxylic acids is 2. The van der Waals surface area contributed by atoms with Gasteiger partial charge in [0.2, 0.25) is 0 Å². The van der Waals surface area contributed by atoms with Crippen molar-refractivity contribution in [1.82, 2.24) is 10.2 Å². The van der Waals surface area contributed by atoms with Crippen molar-refractivity contribution in [2.24, 2.45) is 0 Å². The van der Waals surface area contributed by atoms with Crippen molar-refractivity contribution in [2.75, 3.05) is 13.1 Å². The lowest BCUT2D eigenvalue weighted by Gasteiger charge is -2.26. The van der Waals surface area contributed by atoms with E-state index < -0.39 is 11.8 Å². The van der Waals surface area contributed by atoms with Crippen molar-refractivity contribution < 1.29 is 14.3 Å². The van der Waals surface area contributed by atoms with Crippen LogP contribution < -0.4 is 10.1 Å². The van der Waals surface area contributed by atoms with Crippen molar-refractivity contribution in [1.29, 1.82) is 0 Å². The number of nitrogens with one attached hydrogen (secondary N) is 1. The number of ether oxygens (including phenoxy) is 1. The Bertz CT molecular complexity index is 700. The summed E-state index contributed by atoms with van der Waals surface area (Å²) in [6.45, 7) is 1.93. The van der Waals surface area contributed by atoms with Crippen LogP contribution in [0.3, 0.4) is 0 Å². The van der Waals surface area contributed by atoms with Gasteiger partial charge in [0.25, 0.3) is 0 Å². The molecule has 0 atom stereocenters. The standard InChI is InChI=1S/C18H18N2O3/c21-17-18(22)20(10-9-19-17)12-15-7-4-8-16(11-15)23-13-14-5-2-1-3-6-14/h1-8,11H,9-10,12-13H2,(H,19,21). The molecule has 0 saturated carbocycles. The maximum Gasteiger partial charge on any atom is 0.312 e. The lowest BCUT2D eigenvalue weighted by atomic mass is 10.2. The molecule has 0 spiro atoms. The van der Waals surface area contributed by atoms with Crippen LogP contribution in [-0.4, -0.2) is 29.8 Å². The highest BCUT2D eigenvalue weighted by Gasteiger charge is 2.25. The highest BCUT2D eigenvalue weighted by molar-refractivity contribution is 6.35. The molecule has 118 valence electrons. The number of carbonyl (C=O) groups is 2. The molecule has 2 amide bonds. The Labute approximate surface area is 134 Å². The minimum atomic E-state index is -0.535. The minimum absolute atomic E-state index is 0.411. The molecule has 5 nitrogen and oxygen atoms in total. The zero-order valence-corrected chi connectivity index (χ0v) is 12.7. The molecule has 1 aliphatic heterocycles. The molecule has 0 aromatic heterocycles. The van der Waals surface area contributed by atoms with E-state index >= 15 is 0 Å². The van der Waals surface area contributed by atoms with Crippen LogP contribution in [0.25, 0.3) is 0 Å². The number of piperazine rings is 1. The maximum atomic E-state index is 11.8. The Morgan fingerprint density at radius 2 is 1.78 bits per heavy atom. The third kappa shape index (κ3) is 3.88. The second-order valence-corrected chi connectivity index (χ2v) is 5.40. The number of nitrogens with zero attached hydrogens (tertiary/aromatic N) is 1. The van der Waals surface area contributed by atoms with Gasteiger partial charge in [-0.05, 0) is 23.3 Å². The fraction of sp³-hybridized carbons (Fsp3) is 0.222. The lowest BCUT2D eigenvalue weighted by Crippen LogP contribution is -2.51. The summed E-state index contributed by atoms with van der Waals surface area (Å²) in [4.78, 5) is 24.8. The molecule has 0 radical (unpaired) electrons. The van der Waals surface area contributed by atoms with Crippen molar-refractivity contribution in [3.8, 4) is 5.75 Å². The van der Waals surface area contributed by atoms with E-state index in [1.807, 2.05) is 54.6 Å². The average molecular weight is 310 g/mol. The van der Waals surface area contributed by atoms with Crippen molar-refractivity contribution in [3.05, 3.63) is 65.7 Å². The molecule has 5 heteroatoms. The van der Waals surface area contributed by atoms with Crippen LogP contribution in [-0.2, 0) is 22.7 Å². The fourth-order valence-electron chi connectivity index (χ4n) is 2.47. The molecule has 1 N–H and O–H groups in total. The Balaban J connectivity index is 1.63. The number of hydrogen-bond acceptors (Lipinski definition) is 3. The Kier molecular flexibility index (Phi) is 4.57. The summed E-state index contributed by atoms with van der Waals surface area (Å²) in [7, 11) is 0. The molecule has 1 saturated heterocycles. The molecule has 3 rings (SSSR count). The van der Waals surface area contributed by atoms with E-state index in [4.69, 9.17) is 4.74 Å². The molecular formula is C18H18N2O3. The number of benzene rings is 2. The van der Waals surface area contributed by atoms with E-state index in [9.17, 15) is 9.59 Å². The van der Waals surface area contributed by atoms with Gasteiger partial charge in [-0.15, -0.1) is 0 Å². The molecule has 1 fully saturated rings. The zero-order chi connectivity index (χ0) is 16.1. The van der Waals surface area contributed by atoms with Crippen LogP contribution in [0.15, 0.2) is 54.6 Å². The van der Waals surface area contributed by atoms with E-state index in [0.717, 1.165) is 16.9 Å². The summed E-state index contributed by atoms with van der Waals surface area (Å²) in [5, 5.41) is 2.54. The van der Waals surface area contributed by atoms with E-state index in [0.29, 0.717) is 26.2 Å². The molecule has 2 aromatic rings. The largest absolute Gasteiger partial charge is 0.489 e. The second kappa shape index (κ2) is 6.96. The highest BCUT2D eigenvalue weighted by Crippen LogP contribution is 2.17. The van der Waals surface area contributed by atoms with Crippen molar-refractivity contribution >= 4 is 11.8 Å². The summed E-state index contributed by atoms with van der Waals surface area (Å²) in [6, 6.07) is 17.5. The number of amides is 2. The molecule has 1 aliphatic rings. The molecule has 0 unspecified atom stereocenters. The Morgan fingerprint density at radius 3 is 2.61 bits per heavy atom. The Hall–Kier alpha value is -2.82. The quantitative estimate of drug-likeness (QED) is 0.856. The fourth-order valence-corrected chi connectivity index (χ4v) is 2.47. The van der Waals surface area contributed by atoms with Crippen LogP contribution in [0.2, 0.25) is 0 Å². The first-order chi connectivity index (χ1) is 11.2. The first kappa shape index (κ1) is 15.1.